The van der Waals surface area contributed by atoms with Crippen molar-refractivity contribution in [3.05, 3.63) is 88.0 Å². The summed E-state index contributed by atoms with van der Waals surface area (Å²) >= 11 is 17.2. The Labute approximate surface area is 177 Å². The summed E-state index contributed by atoms with van der Waals surface area (Å²) in [4.78, 5) is 12.7. The van der Waals surface area contributed by atoms with Crippen LogP contribution in [0.1, 0.15) is 10.4 Å². The van der Waals surface area contributed by atoms with E-state index < -0.39 is 5.78 Å². The Morgan fingerprint density at radius 2 is 1.79 bits per heavy atom. The van der Waals surface area contributed by atoms with E-state index in [1.807, 2.05) is 36.4 Å². The first kappa shape index (κ1) is 19.8. The summed E-state index contributed by atoms with van der Waals surface area (Å²) in [6, 6.07) is 19.8. The highest BCUT2D eigenvalue weighted by Crippen LogP contribution is 2.25. The fraction of sp³-hybridized carbons (Fsp3) is 0. The van der Waals surface area contributed by atoms with Crippen molar-refractivity contribution in [2.24, 2.45) is 0 Å². The Hall–Kier alpha value is -2.91. The number of carbonyl (C=O) groups is 1. The lowest BCUT2D eigenvalue weighted by Crippen LogP contribution is -2.25. The van der Waals surface area contributed by atoms with E-state index in [2.05, 4.69) is 10.6 Å². The number of hydrogen-bond acceptors (Lipinski definition) is 3. The lowest BCUT2D eigenvalue weighted by Gasteiger charge is -2.10. The Balaban J connectivity index is 1.75. The first-order valence-electron chi connectivity index (χ1n) is 8.14. The van der Waals surface area contributed by atoms with Crippen molar-refractivity contribution >= 4 is 62.8 Å². The first-order valence-corrected chi connectivity index (χ1v) is 9.30. The van der Waals surface area contributed by atoms with E-state index in [-0.39, 0.29) is 10.7 Å². The van der Waals surface area contributed by atoms with E-state index in [0.29, 0.717) is 21.3 Å². The number of nitriles is 1. The lowest BCUT2D eigenvalue weighted by atomic mass is 10.0. The number of hydrogen-bond donors (Lipinski definition) is 2. The summed E-state index contributed by atoms with van der Waals surface area (Å²) in [5, 5.41) is 18.0. The van der Waals surface area contributed by atoms with Crippen LogP contribution in [0.5, 0.6) is 0 Å². The van der Waals surface area contributed by atoms with Gasteiger partial charge < -0.3 is 10.6 Å². The smallest absolute Gasteiger partial charge is 0.205 e. The predicted molar refractivity (Wildman–Crippen MR) is 118 cm³/mol. The zero-order chi connectivity index (χ0) is 20.1. The molecule has 2 N–H and O–H groups in total. The van der Waals surface area contributed by atoms with Gasteiger partial charge in [-0.15, -0.1) is 0 Å². The molecule has 0 aliphatic carbocycles. The van der Waals surface area contributed by atoms with E-state index in [1.54, 1.807) is 30.3 Å². The minimum absolute atomic E-state index is 0.0726. The van der Waals surface area contributed by atoms with Crippen LogP contribution in [-0.2, 0) is 0 Å². The van der Waals surface area contributed by atoms with Gasteiger partial charge in [0.1, 0.15) is 11.6 Å². The van der Waals surface area contributed by atoms with Crippen LogP contribution in [0.15, 0.2) is 72.4 Å². The summed E-state index contributed by atoms with van der Waals surface area (Å²) < 4.78 is 0. The molecule has 0 aromatic heterocycles. The average molecular weight is 426 g/mol. The summed E-state index contributed by atoms with van der Waals surface area (Å²) in [5.41, 5.74) is 0.862. The molecule has 3 aromatic rings. The lowest BCUT2D eigenvalue weighted by molar-refractivity contribution is 0.103. The van der Waals surface area contributed by atoms with Gasteiger partial charge in [0.2, 0.25) is 5.78 Å². The average Bonchev–Trinajstić information content (AvgIpc) is 2.70. The van der Waals surface area contributed by atoms with Gasteiger partial charge in [0.25, 0.3) is 0 Å². The number of carbonyl (C=O) groups excluding carboxylic acids is 1. The molecule has 0 bridgehead atoms. The number of ketones is 1. The Morgan fingerprint density at radius 1 is 1.04 bits per heavy atom. The molecule has 0 aliphatic heterocycles. The van der Waals surface area contributed by atoms with E-state index in [0.717, 1.165) is 10.8 Å². The fourth-order valence-corrected chi connectivity index (χ4v) is 3.03. The van der Waals surface area contributed by atoms with Crippen LogP contribution in [0, 0.1) is 11.3 Å². The van der Waals surface area contributed by atoms with Crippen molar-refractivity contribution in [3.8, 4) is 6.07 Å². The monoisotopic (exact) mass is 425 g/mol. The van der Waals surface area contributed by atoms with Gasteiger partial charge >= 0.3 is 0 Å². The third-order valence-electron chi connectivity index (χ3n) is 3.90. The number of nitrogens with one attached hydrogen (secondary N) is 2. The molecule has 0 amide bonds. The van der Waals surface area contributed by atoms with Gasteiger partial charge in [0, 0.05) is 16.8 Å². The molecule has 0 saturated carbocycles. The number of fused-ring (bicyclic) bond motifs is 1. The number of rotatable bonds is 4. The van der Waals surface area contributed by atoms with Crippen LogP contribution in [-0.4, -0.2) is 10.9 Å². The minimum Gasteiger partial charge on any atom is -0.338 e. The second-order valence-electron chi connectivity index (χ2n) is 5.78. The number of thiocarbonyl (C=S) groups is 1. The van der Waals surface area contributed by atoms with Crippen molar-refractivity contribution in [3.63, 3.8) is 0 Å². The first-order chi connectivity index (χ1) is 13.5. The van der Waals surface area contributed by atoms with Crippen molar-refractivity contribution in [1.29, 1.82) is 5.26 Å². The van der Waals surface area contributed by atoms with E-state index in [4.69, 9.17) is 35.4 Å². The maximum atomic E-state index is 12.7. The van der Waals surface area contributed by atoms with Crippen LogP contribution in [0.4, 0.5) is 5.69 Å². The molecule has 138 valence electrons. The zero-order valence-electron chi connectivity index (χ0n) is 14.4. The highest BCUT2D eigenvalue weighted by molar-refractivity contribution is 7.80. The third kappa shape index (κ3) is 4.68. The molecule has 3 aromatic carbocycles. The van der Waals surface area contributed by atoms with Gasteiger partial charge in [-0.25, -0.2) is 0 Å². The number of nitrogens with zero attached hydrogens (tertiary/aromatic N) is 1. The molecular formula is C21H13Cl2N3OS. The summed E-state index contributed by atoms with van der Waals surface area (Å²) in [6.45, 7) is 0. The van der Waals surface area contributed by atoms with E-state index >= 15 is 0 Å². The second kappa shape index (κ2) is 8.85. The van der Waals surface area contributed by atoms with Gasteiger partial charge in [-0.05, 0) is 47.3 Å². The quantitative estimate of drug-likeness (QED) is 0.242. The molecule has 0 spiro atoms. The van der Waals surface area contributed by atoms with E-state index in [1.165, 1.54) is 6.20 Å². The molecule has 4 nitrogen and oxygen atoms in total. The van der Waals surface area contributed by atoms with Crippen molar-refractivity contribution < 1.29 is 4.79 Å². The fourth-order valence-electron chi connectivity index (χ4n) is 2.52. The largest absolute Gasteiger partial charge is 0.338 e. The number of Topliss-reactive ketones (excluding diaryl/α,β-unsaturated/α-hetero) is 1. The normalized spacial score (nSPS) is 11.0. The van der Waals surface area contributed by atoms with Crippen LogP contribution in [0.3, 0.4) is 0 Å². The number of halogens is 2. The number of allylic oxidation sites excluding steroid dienone is 1. The molecule has 0 aliphatic rings. The molecule has 0 atom stereocenters. The minimum atomic E-state index is -0.399. The van der Waals surface area contributed by atoms with Crippen LogP contribution >= 0.6 is 35.4 Å². The molecule has 28 heavy (non-hydrogen) atoms. The highest BCUT2D eigenvalue weighted by atomic mass is 35.5. The molecule has 0 radical (unpaired) electrons. The summed E-state index contributed by atoms with van der Waals surface area (Å²) in [5.74, 6) is -0.399. The van der Waals surface area contributed by atoms with Crippen molar-refractivity contribution in [2.45, 2.75) is 0 Å². The predicted octanol–water partition coefficient (Wildman–Crippen LogP) is 5.72. The van der Waals surface area contributed by atoms with Crippen LogP contribution < -0.4 is 10.6 Å². The second-order valence-corrected chi connectivity index (χ2v) is 7.04. The standard InChI is InChI=1S/C21H13Cl2N3OS/c22-17-7-8-18(23)19(10-17)26-21(28)25-12-16(11-24)20(27)15-6-5-13-3-1-2-4-14(13)9-15/h1-10,12H,(H2,25,26,28)/b16-12-. The molecule has 0 saturated heterocycles. The molecule has 0 heterocycles. The zero-order valence-corrected chi connectivity index (χ0v) is 16.7. The third-order valence-corrected chi connectivity index (χ3v) is 4.69. The topological polar surface area (TPSA) is 64.9 Å². The molecular weight excluding hydrogens is 413 g/mol. The van der Waals surface area contributed by atoms with Crippen LogP contribution in [0.2, 0.25) is 10.0 Å². The van der Waals surface area contributed by atoms with Gasteiger partial charge in [-0.2, -0.15) is 5.26 Å². The molecule has 0 unspecified atom stereocenters. The Morgan fingerprint density at radius 3 is 2.54 bits per heavy atom. The number of benzene rings is 3. The molecule has 7 heteroatoms. The number of anilines is 1. The molecule has 0 fully saturated rings. The summed E-state index contributed by atoms with van der Waals surface area (Å²) in [6.07, 6.45) is 1.27. The maximum Gasteiger partial charge on any atom is 0.205 e. The van der Waals surface area contributed by atoms with Crippen LogP contribution in [0.25, 0.3) is 10.8 Å². The molecule has 3 rings (SSSR count). The van der Waals surface area contributed by atoms with Gasteiger partial charge in [0.05, 0.1) is 10.7 Å². The van der Waals surface area contributed by atoms with Gasteiger partial charge in [-0.3, -0.25) is 4.79 Å². The Bertz CT molecular complexity index is 1150. The Kier molecular flexibility index (Phi) is 6.27. The van der Waals surface area contributed by atoms with E-state index in [9.17, 15) is 10.1 Å². The SMILES string of the molecule is N#C/C(=C/NC(=S)Nc1cc(Cl)ccc1Cl)C(=O)c1ccc2ccccc2c1. The highest BCUT2D eigenvalue weighted by Gasteiger charge is 2.13. The van der Waals surface area contributed by atoms with Crippen molar-refractivity contribution in [1.82, 2.24) is 5.32 Å². The van der Waals surface area contributed by atoms with Gasteiger partial charge in [-0.1, -0.05) is 59.6 Å². The summed E-state index contributed by atoms with van der Waals surface area (Å²) in [7, 11) is 0. The van der Waals surface area contributed by atoms with Gasteiger partial charge in [0.15, 0.2) is 5.11 Å². The van der Waals surface area contributed by atoms with Crippen molar-refractivity contribution in [2.75, 3.05) is 5.32 Å². The maximum absolute atomic E-state index is 12.7.